The Morgan fingerprint density at radius 1 is 1.16 bits per heavy atom. The van der Waals surface area contributed by atoms with Crippen LogP contribution in [0.3, 0.4) is 0 Å². The molecule has 0 amide bonds. The first-order chi connectivity index (χ1) is 8.97. The Morgan fingerprint density at radius 2 is 1.89 bits per heavy atom. The molecule has 1 atom stereocenters. The molecule has 2 nitrogen and oxygen atoms in total. The van der Waals surface area contributed by atoms with Gasteiger partial charge < -0.3 is 5.32 Å². The summed E-state index contributed by atoms with van der Waals surface area (Å²) >= 11 is 1.74. The van der Waals surface area contributed by atoms with Crippen LogP contribution in [0.1, 0.15) is 47.3 Å². The maximum absolute atomic E-state index is 4.67. The topological polar surface area (TPSA) is 24.9 Å². The first kappa shape index (κ1) is 14.2. The highest BCUT2D eigenvalue weighted by molar-refractivity contribution is 7.09. The van der Waals surface area contributed by atoms with Gasteiger partial charge in [0.1, 0.15) is 5.01 Å². The second-order valence-electron chi connectivity index (χ2n) is 5.44. The summed E-state index contributed by atoms with van der Waals surface area (Å²) in [6, 6.07) is 7.25. The normalized spacial score (nSPS) is 12.9. The van der Waals surface area contributed by atoms with Crippen LogP contribution in [0.15, 0.2) is 23.6 Å². The second-order valence-corrected chi connectivity index (χ2v) is 6.33. The third-order valence-electron chi connectivity index (χ3n) is 3.13. The highest BCUT2D eigenvalue weighted by Crippen LogP contribution is 2.28. The van der Waals surface area contributed by atoms with E-state index in [9.17, 15) is 0 Å². The number of hydrogen-bond donors (Lipinski definition) is 1. The van der Waals surface area contributed by atoms with Gasteiger partial charge in [-0.2, -0.15) is 0 Å². The summed E-state index contributed by atoms with van der Waals surface area (Å²) in [6.45, 7) is 10.7. The van der Waals surface area contributed by atoms with Gasteiger partial charge in [0.2, 0.25) is 0 Å². The van der Waals surface area contributed by atoms with Crippen LogP contribution in [0.5, 0.6) is 0 Å². The lowest BCUT2D eigenvalue weighted by Crippen LogP contribution is -2.29. The molecule has 1 N–H and O–H groups in total. The third kappa shape index (κ3) is 3.43. The second kappa shape index (κ2) is 5.85. The Kier molecular flexibility index (Phi) is 4.38. The zero-order chi connectivity index (χ0) is 14.0. The van der Waals surface area contributed by atoms with Gasteiger partial charge in [-0.15, -0.1) is 11.3 Å². The molecule has 0 spiro atoms. The molecule has 0 aliphatic rings. The Morgan fingerprint density at radius 3 is 2.47 bits per heavy atom. The van der Waals surface area contributed by atoms with E-state index < -0.39 is 0 Å². The summed E-state index contributed by atoms with van der Waals surface area (Å²) in [6.07, 6.45) is 0. The van der Waals surface area contributed by atoms with Crippen molar-refractivity contribution in [2.45, 2.75) is 46.7 Å². The van der Waals surface area contributed by atoms with E-state index in [1.807, 2.05) is 0 Å². The smallest absolute Gasteiger partial charge is 0.114 e. The lowest BCUT2D eigenvalue weighted by Gasteiger charge is -2.22. The van der Waals surface area contributed by atoms with Gasteiger partial charge >= 0.3 is 0 Å². The molecule has 3 heteroatoms. The van der Waals surface area contributed by atoms with Gasteiger partial charge in [0.15, 0.2) is 0 Å². The van der Waals surface area contributed by atoms with E-state index in [-0.39, 0.29) is 6.04 Å². The lowest BCUT2D eigenvalue weighted by molar-refractivity contribution is 0.525. The third-order valence-corrected chi connectivity index (χ3v) is 4.16. The van der Waals surface area contributed by atoms with Crippen LogP contribution in [0.25, 0.3) is 0 Å². The zero-order valence-corrected chi connectivity index (χ0v) is 13.1. The van der Waals surface area contributed by atoms with Gasteiger partial charge in [-0.3, -0.25) is 0 Å². The summed E-state index contributed by atoms with van der Waals surface area (Å²) in [5.74, 6) is 0. The van der Waals surface area contributed by atoms with Crippen LogP contribution in [0, 0.1) is 20.8 Å². The molecular weight excluding hydrogens is 252 g/mol. The summed E-state index contributed by atoms with van der Waals surface area (Å²) in [4.78, 5) is 4.67. The van der Waals surface area contributed by atoms with Crippen LogP contribution < -0.4 is 5.32 Å². The Labute approximate surface area is 119 Å². The molecule has 19 heavy (non-hydrogen) atoms. The fraction of sp³-hybridized carbons (Fsp3) is 0.438. The van der Waals surface area contributed by atoms with Crippen LogP contribution in [-0.4, -0.2) is 11.0 Å². The molecular formula is C16H22N2S. The van der Waals surface area contributed by atoms with E-state index in [4.69, 9.17) is 0 Å². The molecule has 102 valence electrons. The van der Waals surface area contributed by atoms with Crippen molar-refractivity contribution >= 4 is 11.3 Å². The quantitative estimate of drug-likeness (QED) is 0.905. The van der Waals surface area contributed by atoms with Gasteiger partial charge in [-0.1, -0.05) is 23.8 Å². The number of benzene rings is 1. The molecule has 1 unspecified atom stereocenters. The first-order valence-corrected chi connectivity index (χ1v) is 7.60. The Balaban J connectivity index is 2.45. The number of hydrogen-bond acceptors (Lipinski definition) is 3. The molecule has 0 fully saturated rings. The number of nitrogens with one attached hydrogen (secondary N) is 1. The van der Waals surface area contributed by atoms with Gasteiger partial charge in [-0.25, -0.2) is 4.98 Å². The number of rotatable bonds is 4. The molecule has 1 heterocycles. The molecule has 1 aromatic carbocycles. The predicted octanol–water partition coefficient (Wildman–Crippen LogP) is 4.16. The molecule has 0 saturated carbocycles. The van der Waals surface area contributed by atoms with Gasteiger partial charge in [0.05, 0.1) is 6.04 Å². The van der Waals surface area contributed by atoms with E-state index in [1.54, 1.807) is 11.3 Å². The van der Waals surface area contributed by atoms with Crippen molar-refractivity contribution in [3.8, 4) is 0 Å². The Hall–Kier alpha value is -1.19. The van der Waals surface area contributed by atoms with E-state index in [2.05, 4.69) is 68.5 Å². The minimum Gasteiger partial charge on any atom is -0.302 e. The van der Waals surface area contributed by atoms with Crippen LogP contribution in [0.2, 0.25) is 0 Å². The summed E-state index contributed by atoms with van der Waals surface area (Å²) in [5, 5.41) is 6.91. The molecule has 0 bridgehead atoms. The van der Waals surface area contributed by atoms with E-state index >= 15 is 0 Å². The predicted molar refractivity (Wildman–Crippen MR) is 82.9 cm³/mol. The van der Waals surface area contributed by atoms with E-state index in [1.165, 1.54) is 16.7 Å². The summed E-state index contributed by atoms with van der Waals surface area (Å²) in [7, 11) is 0. The monoisotopic (exact) mass is 274 g/mol. The average molecular weight is 274 g/mol. The van der Waals surface area contributed by atoms with Crippen LogP contribution in [-0.2, 0) is 0 Å². The van der Waals surface area contributed by atoms with E-state index in [0.29, 0.717) is 6.04 Å². The molecule has 0 aliphatic heterocycles. The molecule has 0 radical (unpaired) electrons. The van der Waals surface area contributed by atoms with Crippen LogP contribution in [0.4, 0.5) is 0 Å². The molecule has 0 aliphatic carbocycles. The molecule has 0 saturated heterocycles. The van der Waals surface area contributed by atoms with Gasteiger partial charge in [-0.05, 0) is 45.7 Å². The Bertz CT molecular complexity index is 558. The number of thiazole rings is 1. The number of aryl methyl sites for hydroxylation is 3. The van der Waals surface area contributed by atoms with E-state index in [0.717, 1.165) is 10.7 Å². The first-order valence-electron chi connectivity index (χ1n) is 6.72. The number of nitrogens with zero attached hydrogens (tertiary/aromatic N) is 1. The zero-order valence-electron chi connectivity index (χ0n) is 12.3. The molecule has 1 aromatic heterocycles. The van der Waals surface area contributed by atoms with Gasteiger partial charge in [0.25, 0.3) is 0 Å². The summed E-state index contributed by atoms with van der Waals surface area (Å²) < 4.78 is 0. The summed E-state index contributed by atoms with van der Waals surface area (Å²) in [5.41, 5.74) is 5.05. The lowest BCUT2D eigenvalue weighted by atomic mass is 9.98. The van der Waals surface area contributed by atoms with Crippen molar-refractivity contribution in [3.05, 3.63) is 51.0 Å². The molecule has 2 aromatic rings. The van der Waals surface area contributed by atoms with Crippen molar-refractivity contribution in [1.82, 2.24) is 10.3 Å². The highest BCUT2D eigenvalue weighted by Gasteiger charge is 2.20. The van der Waals surface area contributed by atoms with Crippen molar-refractivity contribution in [2.75, 3.05) is 0 Å². The maximum Gasteiger partial charge on any atom is 0.114 e. The minimum atomic E-state index is 0.193. The SMILES string of the molecule is Cc1ccc(C)c(C(NC(C)C)c2nc(C)cs2)c1. The van der Waals surface area contributed by atoms with Crippen molar-refractivity contribution in [2.24, 2.45) is 0 Å². The largest absolute Gasteiger partial charge is 0.302 e. The highest BCUT2D eigenvalue weighted by atomic mass is 32.1. The minimum absolute atomic E-state index is 0.193. The van der Waals surface area contributed by atoms with Crippen molar-refractivity contribution in [1.29, 1.82) is 0 Å². The fourth-order valence-corrected chi connectivity index (χ4v) is 3.07. The molecule has 2 rings (SSSR count). The number of aromatic nitrogens is 1. The van der Waals surface area contributed by atoms with Crippen molar-refractivity contribution < 1.29 is 0 Å². The maximum atomic E-state index is 4.67. The average Bonchev–Trinajstić information content (AvgIpc) is 2.76. The fourth-order valence-electron chi connectivity index (χ4n) is 2.20. The van der Waals surface area contributed by atoms with Crippen molar-refractivity contribution in [3.63, 3.8) is 0 Å². The van der Waals surface area contributed by atoms with Crippen LogP contribution >= 0.6 is 11.3 Å². The standard InChI is InChI=1S/C16H22N2S/c1-10(2)17-15(16-18-13(5)9-19-16)14-8-11(3)6-7-12(14)4/h6-10,15,17H,1-5H3. The van der Waals surface area contributed by atoms with Gasteiger partial charge in [0, 0.05) is 17.1 Å².